The monoisotopic (exact) mass is 364 g/mol. The van der Waals surface area contributed by atoms with Crippen LogP contribution in [0.3, 0.4) is 0 Å². The van der Waals surface area contributed by atoms with Crippen molar-refractivity contribution in [1.82, 2.24) is 0 Å². The predicted octanol–water partition coefficient (Wildman–Crippen LogP) is 3.34. The summed E-state index contributed by atoms with van der Waals surface area (Å²) in [5, 5.41) is 2.80. The van der Waals surface area contributed by atoms with Crippen LogP contribution < -0.4 is 15.8 Å². The second-order valence-corrected chi connectivity index (χ2v) is 5.59. The van der Waals surface area contributed by atoms with E-state index in [-0.39, 0.29) is 10.9 Å². The molecule has 2 aromatic carbocycles. The molecule has 4 nitrogen and oxygen atoms in total. The first-order valence-electron chi connectivity index (χ1n) is 6.06. The van der Waals surface area contributed by atoms with E-state index in [2.05, 4.69) is 21.2 Å². The number of nitrogens with two attached hydrogens (primary N) is 1. The van der Waals surface area contributed by atoms with E-state index in [1.54, 1.807) is 43.5 Å². The van der Waals surface area contributed by atoms with Crippen molar-refractivity contribution in [2.45, 2.75) is 0 Å². The minimum Gasteiger partial charge on any atom is -0.497 e. The fraction of sp³-hybridized carbons (Fsp3) is 0.0667. The molecule has 0 aliphatic carbocycles. The van der Waals surface area contributed by atoms with Gasteiger partial charge in [-0.05, 0) is 42.5 Å². The van der Waals surface area contributed by atoms with Gasteiger partial charge in [0.2, 0.25) is 0 Å². The molecule has 2 rings (SSSR count). The summed E-state index contributed by atoms with van der Waals surface area (Å²) < 4.78 is 5.90. The molecule has 3 N–H and O–H groups in total. The Bertz CT molecular complexity index is 687. The number of thiocarbonyl (C=S) groups is 1. The Morgan fingerprint density at radius 1 is 1.24 bits per heavy atom. The average molecular weight is 365 g/mol. The number of hydrogen-bond acceptors (Lipinski definition) is 3. The van der Waals surface area contributed by atoms with Crippen molar-refractivity contribution in [3.05, 3.63) is 58.1 Å². The average Bonchev–Trinajstić information content (AvgIpc) is 2.49. The molecule has 2 aromatic rings. The molecule has 0 aliphatic rings. The van der Waals surface area contributed by atoms with Gasteiger partial charge in [-0.1, -0.05) is 28.1 Å². The SMILES string of the molecule is COc1ccc(C(=O)Nc2ccc(Br)cc2C(N)=S)cc1. The fourth-order valence-corrected chi connectivity index (χ4v) is 2.30. The Balaban J connectivity index is 2.24. The number of benzene rings is 2. The topological polar surface area (TPSA) is 64.3 Å². The van der Waals surface area contributed by atoms with Gasteiger partial charge in [0.15, 0.2) is 0 Å². The molecule has 0 atom stereocenters. The summed E-state index contributed by atoms with van der Waals surface area (Å²) in [6.07, 6.45) is 0. The van der Waals surface area contributed by atoms with Gasteiger partial charge in [0, 0.05) is 15.6 Å². The van der Waals surface area contributed by atoms with Crippen LogP contribution in [-0.2, 0) is 0 Å². The van der Waals surface area contributed by atoms with Gasteiger partial charge in [0.05, 0.1) is 12.8 Å². The van der Waals surface area contributed by atoms with Crippen LogP contribution in [0.4, 0.5) is 5.69 Å². The lowest BCUT2D eigenvalue weighted by Gasteiger charge is -2.11. The van der Waals surface area contributed by atoms with Gasteiger partial charge in [0.1, 0.15) is 10.7 Å². The molecular weight excluding hydrogens is 352 g/mol. The molecule has 0 aromatic heterocycles. The van der Waals surface area contributed by atoms with Crippen molar-refractivity contribution in [2.24, 2.45) is 5.73 Å². The highest BCUT2D eigenvalue weighted by Crippen LogP contribution is 2.22. The lowest BCUT2D eigenvalue weighted by Crippen LogP contribution is -2.17. The van der Waals surface area contributed by atoms with Gasteiger partial charge in [-0.3, -0.25) is 4.79 Å². The molecule has 1 amide bonds. The van der Waals surface area contributed by atoms with E-state index in [4.69, 9.17) is 22.7 Å². The summed E-state index contributed by atoms with van der Waals surface area (Å²) in [5.41, 5.74) is 7.39. The molecule has 108 valence electrons. The van der Waals surface area contributed by atoms with E-state index < -0.39 is 0 Å². The van der Waals surface area contributed by atoms with E-state index in [0.29, 0.717) is 22.6 Å². The van der Waals surface area contributed by atoms with Gasteiger partial charge >= 0.3 is 0 Å². The number of anilines is 1. The number of hydrogen-bond donors (Lipinski definition) is 2. The summed E-state index contributed by atoms with van der Waals surface area (Å²) in [6, 6.07) is 12.2. The van der Waals surface area contributed by atoms with Gasteiger partial charge in [0.25, 0.3) is 5.91 Å². The Hall–Kier alpha value is -1.92. The maximum absolute atomic E-state index is 12.2. The largest absolute Gasteiger partial charge is 0.497 e. The van der Waals surface area contributed by atoms with Crippen LogP contribution in [0.15, 0.2) is 46.9 Å². The number of ether oxygens (including phenoxy) is 1. The molecule has 0 radical (unpaired) electrons. The third-order valence-electron chi connectivity index (χ3n) is 2.85. The highest BCUT2D eigenvalue weighted by atomic mass is 79.9. The van der Waals surface area contributed by atoms with Crippen LogP contribution in [0.25, 0.3) is 0 Å². The van der Waals surface area contributed by atoms with E-state index in [1.165, 1.54) is 0 Å². The summed E-state index contributed by atoms with van der Waals surface area (Å²) in [5.74, 6) is 0.455. The Labute approximate surface area is 136 Å². The molecule has 0 fully saturated rings. The van der Waals surface area contributed by atoms with Crippen molar-refractivity contribution in [3.8, 4) is 5.75 Å². The Morgan fingerprint density at radius 2 is 1.90 bits per heavy atom. The van der Waals surface area contributed by atoms with Crippen LogP contribution >= 0.6 is 28.1 Å². The minimum absolute atomic E-state index is 0.223. The first kappa shape index (κ1) is 15.5. The highest BCUT2D eigenvalue weighted by Gasteiger charge is 2.11. The van der Waals surface area contributed by atoms with Crippen molar-refractivity contribution < 1.29 is 9.53 Å². The predicted molar refractivity (Wildman–Crippen MR) is 91.0 cm³/mol. The summed E-state index contributed by atoms with van der Waals surface area (Å²) >= 11 is 8.35. The highest BCUT2D eigenvalue weighted by molar-refractivity contribution is 9.10. The Morgan fingerprint density at radius 3 is 2.48 bits per heavy atom. The molecule has 0 saturated carbocycles. The van der Waals surface area contributed by atoms with Crippen molar-refractivity contribution in [1.29, 1.82) is 0 Å². The van der Waals surface area contributed by atoms with Gasteiger partial charge in [-0.25, -0.2) is 0 Å². The zero-order valence-electron chi connectivity index (χ0n) is 11.2. The van der Waals surface area contributed by atoms with E-state index >= 15 is 0 Å². The van der Waals surface area contributed by atoms with Crippen LogP contribution in [0.2, 0.25) is 0 Å². The number of nitrogens with one attached hydrogen (secondary N) is 1. The summed E-state index contributed by atoms with van der Waals surface area (Å²) in [6.45, 7) is 0. The third-order valence-corrected chi connectivity index (χ3v) is 3.56. The van der Waals surface area contributed by atoms with E-state index in [0.717, 1.165) is 4.47 Å². The second-order valence-electron chi connectivity index (χ2n) is 4.24. The van der Waals surface area contributed by atoms with Crippen molar-refractivity contribution in [2.75, 3.05) is 12.4 Å². The molecule has 0 heterocycles. The molecule has 0 saturated heterocycles. The standard InChI is InChI=1S/C15H13BrN2O2S/c1-20-11-5-2-9(3-6-11)15(19)18-13-7-4-10(16)8-12(13)14(17)21/h2-8H,1H3,(H2,17,21)(H,18,19). The molecular formula is C15H13BrN2O2S. The zero-order valence-corrected chi connectivity index (χ0v) is 13.6. The molecule has 0 bridgehead atoms. The van der Waals surface area contributed by atoms with Gasteiger partial charge in [-0.2, -0.15) is 0 Å². The molecule has 0 aliphatic heterocycles. The van der Waals surface area contributed by atoms with Crippen LogP contribution in [0, 0.1) is 0 Å². The number of amides is 1. The lowest BCUT2D eigenvalue weighted by molar-refractivity contribution is 0.102. The van der Waals surface area contributed by atoms with Gasteiger partial charge in [-0.15, -0.1) is 0 Å². The molecule has 6 heteroatoms. The van der Waals surface area contributed by atoms with Crippen LogP contribution in [0.1, 0.15) is 15.9 Å². The van der Waals surface area contributed by atoms with Crippen molar-refractivity contribution >= 4 is 44.7 Å². The summed E-state index contributed by atoms with van der Waals surface area (Å²) in [7, 11) is 1.57. The Kier molecular flexibility index (Phi) is 4.93. The van der Waals surface area contributed by atoms with E-state index in [9.17, 15) is 4.79 Å². The molecule has 21 heavy (non-hydrogen) atoms. The lowest BCUT2D eigenvalue weighted by atomic mass is 10.1. The quantitative estimate of drug-likeness (QED) is 0.816. The normalized spacial score (nSPS) is 10.0. The number of rotatable bonds is 4. The maximum Gasteiger partial charge on any atom is 0.255 e. The van der Waals surface area contributed by atoms with Crippen LogP contribution in [0.5, 0.6) is 5.75 Å². The maximum atomic E-state index is 12.2. The minimum atomic E-state index is -0.238. The van der Waals surface area contributed by atoms with Crippen molar-refractivity contribution in [3.63, 3.8) is 0 Å². The zero-order chi connectivity index (χ0) is 15.4. The van der Waals surface area contributed by atoms with Gasteiger partial charge < -0.3 is 15.8 Å². The first-order valence-corrected chi connectivity index (χ1v) is 7.26. The smallest absolute Gasteiger partial charge is 0.255 e. The third kappa shape index (κ3) is 3.80. The van der Waals surface area contributed by atoms with Crippen LogP contribution in [-0.4, -0.2) is 18.0 Å². The fourth-order valence-electron chi connectivity index (χ4n) is 1.77. The number of halogens is 1. The number of carbonyl (C=O) groups excluding carboxylic acids is 1. The summed E-state index contributed by atoms with van der Waals surface area (Å²) in [4.78, 5) is 12.4. The first-order chi connectivity index (χ1) is 10.0. The number of carbonyl (C=O) groups is 1. The van der Waals surface area contributed by atoms with E-state index in [1.807, 2.05) is 6.07 Å². The second kappa shape index (κ2) is 6.69. The number of methoxy groups -OCH3 is 1. The molecule has 0 spiro atoms. The molecule has 0 unspecified atom stereocenters.